The van der Waals surface area contributed by atoms with Gasteiger partial charge in [0.15, 0.2) is 5.96 Å². The molecule has 0 heterocycles. The molecule has 2 rings (SSSR count). The third-order valence-corrected chi connectivity index (χ3v) is 2.88. The predicted molar refractivity (Wildman–Crippen MR) is 75.3 cm³/mol. The fourth-order valence-electron chi connectivity index (χ4n) is 1.77. The fourth-order valence-corrected chi connectivity index (χ4v) is 1.77. The average molecular weight is 246 g/mol. The van der Waals surface area contributed by atoms with Gasteiger partial charge < -0.3 is 16.0 Å². The molecule has 1 aliphatic rings. The molecule has 0 unspecified atom stereocenters. The zero-order valence-corrected chi connectivity index (χ0v) is 11.2. The van der Waals surface area contributed by atoms with Gasteiger partial charge in [-0.2, -0.15) is 0 Å². The minimum Gasteiger partial charge on any atom is -0.370 e. The summed E-state index contributed by atoms with van der Waals surface area (Å²) < 4.78 is 0. The Labute approximate surface area is 109 Å². The van der Waals surface area contributed by atoms with Crippen molar-refractivity contribution in [3.8, 4) is 0 Å². The lowest BCUT2D eigenvalue weighted by molar-refractivity contribution is 0.402. The lowest BCUT2D eigenvalue weighted by atomic mass is 10.1. The molecule has 1 aliphatic carbocycles. The lowest BCUT2D eigenvalue weighted by Gasteiger charge is -2.09. The van der Waals surface area contributed by atoms with Crippen LogP contribution in [0.15, 0.2) is 29.3 Å². The van der Waals surface area contributed by atoms with E-state index in [9.17, 15) is 0 Å². The number of guanidine groups is 1. The standard InChI is InChI=1S/C14H22N4/c1-18(2)10-12-5-3-11(4-6-12)9-16-14(15)17-13-7-8-13/h3-6,13H,7-10H2,1-2H3,(H3,15,16,17). The molecule has 0 saturated heterocycles. The van der Waals surface area contributed by atoms with Gasteiger partial charge in [0.25, 0.3) is 0 Å². The highest BCUT2D eigenvalue weighted by Crippen LogP contribution is 2.18. The van der Waals surface area contributed by atoms with E-state index in [1.165, 1.54) is 24.0 Å². The Bertz CT molecular complexity index is 404. The van der Waals surface area contributed by atoms with Gasteiger partial charge >= 0.3 is 0 Å². The van der Waals surface area contributed by atoms with Crippen LogP contribution in [0.2, 0.25) is 0 Å². The normalized spacial score (nSPS) is 16.1. The van der Waals surface area contributed by atoms with Crippen LogP contribution in [0.5, 0.6) is 0 Å². The molecule has 3 N–H and O–H groups in total. The van der Waals surface area contributed by atoms with Crippen LogP contribution in [0.1, 0.15) is 24.0 Å². The molecule has 0 atom stereocenters. The molecule has 0 aromatic heterocycles. The average Bonchev–Trinajstić information content (AvgIpc) is 3.11. The second-order valence-corrected chi connectivity index (χ2v) is 5.17. The number of hydrogen-bond donors (Lipinski definition) is 2. The quantitative estimate of drug-likeness (QED) is 0.608. The first kappa shape index (κ1) is 12.9. The molecule has 0 amide bonds. The molecule has 4 nitrogen and oxygen atoms in total. The Balaban J connectivity index is 1.85. The van der Waals surface area contributed by atoms with E-state index >= 15 is 0 Å². The van der Waals surface area contributed by atoms with Crippen molar-refractivity contribution in [3.63, 3.8) is 0 Å². The van der Waals surface area contributed by atoms with E-state index < -0.39 is 0 Å². The third kappa shape index (κ3) is 4.37. The first-order valence-corrected chi connectivity index (χ1v) is 6.42. The van der Waals surface area contributed by atoms with Crippen molar-refractivity contribution in [1.82, 2.24) is 10.2 Å². The minimum absolute atomic E-state index is 0.565. The second kappa shape index (κ2) is 5.87. The summed E-state index contributed by atoms with van der Waals surface area (Å²) in [7, 11) is 4.14. The summed E-state index contributed by atoms with van der Waals surface area (Å²) in [5, 5.41) is 3.18. The van der Waals surface area contributed by atoms with Crippen LogP contribution in [-0.2, 0) is 13.1 Å². The summed E-state index contributed by atoms with van der Waals surface area (Å²) in [6.45, 7) is 1.61. The third-order valence-electron chi connectivity index (χ3n) is 2.88. The molecule has 0 aliphatic heterocycles. The van der Waals surface area contributed by atoms with E-state index in [-0.39, 0.29) is 0 Å². The summed E-state index contributed by atoms with van der Waals surface area (Å²) >= 11 is 0. The maximum absolute atomic E-state index is 5.79. The molecular formula is C14H22N4. The largest absolute Gasteiger partial charge is 0.370 e. The van der Waals surface area contributed by atoms with E-state index in [1.807, 2.05) is 0 Å². The molecule has 0 spiro atoms. The lowest BCUT2D eigenvalue weighted by Crippen LogP contribution is -2.33. The van der Waals surface area contributed by atoms with Gasteiger partial charge in [0.1, 0.15) is 0 Å². The Hall–Kier alpha value is -1.55. The molecule has 98 valence electrons. The highest BCUT2D eigenvalue weighted by Gasteiger charge is 2.21. The van der Waals surface area contributed by atoms with Gasteiger partial charge in [0, 0.05) is 12.6 Å². The Kier molecular flexibility index (Phi) is 4.20. The van der Waals surface area contributed by atoms with Crippen LogP contribution in [0.25, 0.3) is 0 Å². The number of benzene rings is 1. The zero-order valence-electron chi connectivity index (χ0n) is 11.2. The van der Waals surface area contributed by atoms with Gasteiger partial charge in [0.05, 0.1) is 6.54 Å². The topological polar surface area (TPSA) is 53.6 Å². The molecule has 1 saturated carbocycles. The van der Waals surface area contributed by atoms with Crippen molar-refractivity contribution in [2.75, 3.05) is 14.1 Å². The number of nitrogens with two attached hydrogens (primary N) is 1. The summed E-state index contributed by atoms with van der Waals surface area (Å²) in [5.74, 6) is 0.565. The molecule has 18 heavy (non-hydrogen) atoms. The van der Waals surface area contributed by atoms with Crippen LogP contribution >= 0.6 is 0 Å². The van der Waals surface area contributed by atoms with Gasteiger partial charge in [-0.25, -0.2) is 4.99 Å². The van der Waals surface area contributed by atoms with Crippen molar-refractivity contribution in [2.24, 2.45) is 10.7 Å². The number of nitrogens with zero attached hydrogens (tertiary/aromatic N) is 2. The minimum atomic E-state index is 0.565. The molecule has 1 aromatic rings. The van der Waals surface area contributed by atoms with Crippen molar-refractivity contribution >= 4 is 5.96 Å². The highest BCUT2D eigenvalue weighted by atomic mass is 15.1. The highest BCUT2D eigenvalue weighted by molar-refractivity contribution is 5.78. The molecule has 4 heteroatoms. The number of hydrogen-bond acceptors (Lipinski definition) is 2. The predicted octanol–water partition coefficient (Wildman–Crippen LogP) is 1.31. The Morgan fingerprint density at radius 1 is 1.28 bits per heavy atom. The maximum atomic E-state index is 5.79. The second-order valence-electron chi connectivity index (χ2n) is 5.17. The van der Waals surface area contributed by atoms with E-state index in [0.29, 0.717) is 18.5 Å². The van der Waals surface area contributed by atoms with E-state index in [2.05, 4.69) is 53.6 Å². The van der Waals surface area contributed by atoms with Crippen molar-refractivity contribution in [1.29, 1.82) is 0 Å². The van der Waals surface area contributed by atoms with Gasteiger partial charge in [-0.3, -0.25) is 0 Å². The number of aliphatic imine (C=N–C) groups is 1. The fraction of sp³-hybridized carbons (Fsp3) is 0.500. The Morgan fingerprint density at radius 2 is 1.89 bits per heavy atom. The van der Waals surface area contributed by atoms with Gasteiger partial charge in [0.2, 0.25) is 0 Å². The molecule has 1 aromatic carbocycles. The molecule has 0 bridgehead atoms. The van der Waals surface area contributed by atoms with Crippen LogP contribution in [0.3, 0.4) is 0 Å². The monoisotopic (exact) mass is 246 g/mol. The first-order chi connectivity index (χ1) is 8.63. The Morgan fingerprint density at radius 3 is 2.44 bits per heavy atom. The van der Waals surface area contributed by atoms with E-state index in [1.54, 1.807) is 0 Å². The maximum Gasteiger partial charge on any atom is 0.189 e. The SMILES string of the molecule is CN(C)Cc1ccc(CN=C(N)NC2CC2)cc1. The zero-order chi connectivity index (χ0) is 13.0. The van der Waals surface area contributed by atoms with Crippen LogP contribution in [-0.4, -0.2) is 31.0 Å². The number of rotatable bonds is 5. The van der Waals surface area contributed by atoms with Crippen LogP contribution in [0.4, 0.5) is 0 Å². The first-order valence-electron chi connectivity index (χ1n) is 6.42. The summed E-state index contributed by atoms with van der Waals surface area (Å²) in [4.78, 5) is 6.50. The summed E-state index contributed by atoms with van der Waals surface area (Å²) in [5.41, 5.74) is 8.30. The van der Waals surface area contributed by atoms with E-state index in [4.69, 9.17) is 5.73 Å². The molecule has 0 radical (unpaired) electrons. The molecule has 1 fully saturated rings. The van der Waals surface area contributed by atoms with Gasteiger partial charge in [-0.1, -0.05) is 24.3 Å². The molecular weight excluding hydrogens is 224 g/mol. The van der Waals surface area contributed by atoms with Crippen molar-refractivity contribution < 1.29 is 0 Å². The van der Waals surface area contributed by atoms with Crippen LogP contribution < -0.4 is 11.1 Å². The van der Waals surface area contributed by atoms with Crippen molar-refractivity contribution in [2.45, 2.75) is 32.0 Å². The van der Waals surface area contributed by atoms with Crippen LogP contribution in [0, 0.1) is 0 Å². The van der Waals surface area contributed by atoms with Crippen molar-refractivity contribution in [3.05, 3.63) is 35.4 Å². The van der Waals surface area contributed by atoms with Gasteiger partial charge in [-0.15, -0.1) is 0 Å². The summed E-state index contributed by atoms with van der Waals surface area (Å²) in [6, 6.07) is 9.10. The van der Waals surface area contributed by atoms with Gasteiger partial charge in [-0.05, 0) is 38.1 Å². The van der Waals surface area contributed by atoms with E-state index in [0.717, 1.165) is 6.54 Å². The smallest absolute Gasteiger partial charge is 0.189 e. The number of nitrogens with one attached hydrogen (secondary N) is 1. The summed E-state index contributed by atoms with van der Waals surface area (Å²) in [6.07, 6.45) is 2.44.